The minimum atomic E-state index is -0.350. The second-order valence-corrected chi connectivity index (χ2v) is 7.02. The van der Waals surface area contributed by atoms with Crippen molar-refractivity contribution in [2.45, 2.75) is 6.54 Å². The maximum Gasteiger partial charge on any atom is 0.260 e. The summed E-state index contributed by atoms with van der Waals surface area (Å²) in [7, 11) is 0. The van der Waals surface area contributed by atoms with Crippen LogP contribution in [0.3, 0.4) is 0 Å². The van der Waals surface area contributed by atoms with Crippen LogP contribution >= 0.6 is 11.3 Å². The molecule has 2 heterocycles. The number of hydrogen-bond donors (Lipinski definition) is 0. The van der Waals surface area contributed by atoms with E-state index in [4.69, 9.17) is 5.26 Å². The number of amides is 1. The number of nitriles is 1. The number of benzene rings is 2. The lowest BCUT2D eigenvalue weighted by molar-refractivity contribution is 0.0985. The molecule has 1 amide bonds. The quantitative estimate of drug-likeness (QED) is 0.514. The molecule has 2 aromatic carbocycles. The standard InChI is InChI=1S/C21H13FN4OS/c22-16-8-9-18-19(11-16)28-21(25-18)26(13-17-3-1-2-10-24-17)20(27)15-6-4-14(12-23)5-7-15/h1-11H,13H2. The predicted octanol–water partition coefficient (Wildman–Crippen LogP) is 4.55. The van der Waals surface area contributed by atoms with Gasteiger partial charge in [0.15, 0.2) is 5.13 Å². The number of carbonyl (C=O) groups excluding carboxylic acids is 1. The highest BCUT2D eigenvalue weighted by Gasteiger charge is 2.22. The van der Waals surface area contributed by atoms with Gasteiger partial charge >= 0.3 is 0 Å². The summed E-state index contributed by atoms with van der Waals surface area (Å²) >= 11 is 1.24. The Balaban J connectivity index is 1.75. The lowest BCUT2D eigenvalue weighted by atomic mass is 10.1. The van der Waals surface area contributed by atoms with E-state index < -0.39 is 0 Å². The van der Waals surface area contributed by atoms with Crippen molar-refractivity contribution in [2.75, 3.05) is 4.90 Å². The SMILES string of the molecule is N#Cc1ccc(C(=O)N(Cc2ccccn2)c2nc3ccc(F)cc3s2)cc1. The zero-order valence-electron chi connectivity index (χ0n) is 14.5. The van der Waals surface area contributed by atoms with Crippen molar-refractivity contribution in [3.8, 4) is 6.07 Å². The topological polar surface area (TPSA) is 69.9 Å². The van der Waals surface area contributed by atoms with E-state index in [2.05, 4.69) is 9.97 Å². The molecule has 0 bridgehead atoms. The van der Waals surface area contributed by atoms with E-state index in [9.17, 15) is 9.18 Å². The van der Waals surface area contributed by atoms with E-state index in [1.807, 2.05) is 18.2 Å². The van der Waals surface area contributed by atoms with Gasteiger partial charge in [0.05, 0.1) is 34.1 Å². The molecule has 0 fully saturated rings. The minimum absolute atomic E-state index is 0.224. The Kier molecular flexibility index (Phi) is 4.79. The van der Waals surface area contributed by atoms with Gasteiger partial charge in [-0.25, -0.2) is 9.37 Å². The lowest BCUT2D eigenvalue weighted by Gasteiger charge is -2.19. The molecule has 0 spiro atoms. The van der Waals surface area contributed by atoms with Gasteiger partial charge in [0.1, 0.15) is 5.82 Å². The summed E-state index contributed by atoms with van der Waals surface area (Å²) in [6, 6.07) is 18.3. The fraction of sp³-hybridized carbons (Fsp3) is 0.0476. The van der Waals surface area contributed by atoms with Crippen LogP contribution in [-0.2, 0) is 6.54 Å². The monoisotopic (exact) mass is 388 g/mol. The molecular weight excluding hydrogens is 375 g/mol. The third kappa shape index (κ3) is 3.59. The first kappa shape index (κ1) is 17.8. The van der Waals surface area contributed by atoms with Crippen LogP contribution in [0.2, 0.25) is 0 Å². The van der Waals surface area contributed by atoms with Crippen LogP contribution in [-0.4, -0.2) is 15.9 Å². The molecule has 4 rings (SSSR count). The first-order valence-electron chi connectivity index (χ1n) is 8.42. The fourth-order valence-corrected chi connectivity index (χ4v) is 3.71. The molecule has 0 saturated carbocycles. The van der Waals surface area contributed by atoms with Gasteiger partial charge in [-0.1, -0.05) is 17.4 Å². The van der Waals surface area contributed by atoms with Gasteiger partial charge in [-0.2, -0.15) is 5.26 Å². The van der Waals surface area contributed by atoms with E-state index in [0.717, 1.165) is 0 Å². The van der Waals surface area contributed by atoms with E-state index in [0.29, 0.717) is 32.2 Å². The number of fused-ring (bicyclic) bond motifs is 1. The molecule has 0 atom stereocenters. The summed E-state index contributed by atoms with van der Waals surface area (Å²) in [5.74, 6) is -0.618. The Morgan fingerprint density at radius 2 is 1.96 bits per heavy atom. The molecule has 28 heavy (non-hydrogen) atoms. The third-order valence-electron chi connectivity index (χ3n) is 4.12. The van der Waals surface area contributed by atoms with Crippen molar-refractivity contribution in [2.24, 2.45) is 0 Å². The molecular formula is C21H13FN4OS. The number of carbonyl (C=O) groups is 1. The van der Waals surface area contributed by atoms with Crippen LogP contribution in [0.1, 0.15) is 21.6 Å². The van der Waals surface area contributed by atoms with Crippen molar-refractivity contribution in [3.05, 3.63) is 89.5 Å². The Hall–Kier alpha value is -3.63. The molecule has 0 aliphatic carbocycles. The Morgan fingerprint density at radius 1 is 1.14 bits per heavy atom. The van der Waals surface area contributed by atoms with Gasteiger partial charge in [0.25, 0.3) is 5.91 Å². The zero-order valence-corrected chi connectivity index (χ0v) is 15.4. The largest absolute Gasteiger partial charge is 0.278 e. The second kappa shape index (κ2) is 7.55. The zero-order chi connectivity index (χ0) is 19.5. The molecule has 136 valence electrons. The number of halogens is 1. The third-order valence-corrected chi connectivity index (χ3v) is 5.16. The fourth-order valence-electron chi connectivity index (χ4n) is 2.72. The number of rotatable bonds is 4. The van der Waals surface area contributed by atoms with Crippen LogP contribution in [0.15, 0.2) is 66.9 Å². The van der Waals surface area contributed by atoms with Gasteiger partial charge in [0.2, 0.25) is 0 Å². The molecule has 0 radical (unpaired) electrons. The maximum absolute atomic E-state index is 13.6. The first-order valence-corrected chi connectivity index (χ1v) is 9.24. The number of pyridine rings is 1. The number of aromatic nitrogens is 2. The average molecular weight is 388 g/mol. The summed E-state index contributed by atoms with van der Waals surface area (Å²) in [6.45, 7) is 0.224. The van der Waals surface area contributed by atoms with Crippen molar-refractivity contribution >= 4 is 32.6 Å². The number of thiazole rings is 1. The Morgan fingerprint density at radius 3 is 2.68 bits per heavy atom. The average Bonchev–Trinajstić information content (AvgIpc) is 3.15. The molecule has 0 saturated heterocycles. The van der Waals surface area contributed by atoms with Crippen molar-refractivity contribution in [3.63, 3.8) is 0 Å². The van der Waals surface area contributed by atoms with Crippen molar-refractivity contribution < 1.29 is 9.18 Å². The Bertz CT molecular complexity index is 1180. The van der Waals surface area contributed by atoms with Crippen LogP contribution < -0.4 is 4.90 Å². The van der Waals surface area contributed by atoms with E-state index >= 15 is 0 Å². The predicted molar refractivity (Wildman–Crippen MR) is 105 cm³/mol. The van der Waals surface area contributed by atoms with Gasteiger partial charge in [-0.05, 0) is 54.6 Å². The van der Waals surface area contributed by atoms with Gasteiger partial charge in [-0.3, -0.25) is 14.7 Å². The molecule has 0 unspecified atom stereocenters. The smallest absolute Gasteiger partial charge is 0.260 e. The summed E-state index contributed by atoms with van der Waals surface area (Å²) in [4.78, 5) is 23.5. The van der Waals surface area contributed by atoms with Crippen molar-refractivity contribution in [1.29, 1.82) is 5.26 Å². The second-order valence-electron chi connectivity index (χ2n) is 6.01. The summed E-state index contributed by atoms with van der Waals surface area (Å²) in [5, 5.41) is 9.42. The van der Waals surface area contributed by atoms with Gasteiger partial charge in [-0.15, -0.1) is 0 Å². The molecule has 5 nitrogen and oxygen atoms in total. The molecule has 7 heteroatoms. The van der Waals surface area contributed by atoms with E-state index in [1.54, 1.807) is 42.6 Å². The molecule has 2 aromatic heterocycles. The van der Waals surface area contributed by atoms with Crippen LogP contribution in [0.4, 0.5) is 9.52 Å². The molecule has 0 aliphatic rings. The normalized spacial score (nSPS) is 10.6. The lowest BCUT2D eigenvalue weighted by Crippen LogP contribution is -2.30. The molecule has 0 aliphatic heterocycles. The van der Waals surface area contributed by atoms with Crippen LogP contribution in [0.5, 0.6) is 0 Å². The van der Waals surface area contributed by atoms with E-state index in [1.165, 1.54) is 28.4 Å². The van der Waals surface area contributed by atoms with Crippen LogP contribution in [0, 0.1) is 17.1 Å². The number of nitrogens with zero attached hydrogens (tertiary/aromatic N) is 4. The van der Waals surface area contributed by atoms with E-state index in [-0.39, 0.29) is 18.3 Å². The highest BCUT2D eigenvalue weighted by Crippen LogP contribution is 2.31. The van der Waals surface area contributed by atoms with Gasteiger partial charge < -0.3 is 0 Å². The maximum atomic E-state index is 13.6. The number of hydrogen-bond acceptors (Lipinski definition) is 5. The van der Waals surface area contributed by atoms with Crippen molar-refractivity contribution in [1.82, 2.24) is 9.97 Å². The highest BCUT2D eigenvalue weighted by atomic mass is 32.1. The summed E-state index contributed by atoms with van der Waals surface area (Å²) < 4.78 is 14.2. The van der Waals surface area contributed by atoms with Crippen LogP contribution in [0.25, 0.3) is 10.2 Å². The first-order chi connectivity index (χ1) is 13.6. The highest BCUT2D eigenvalue weighted by molar-refractivity contribution is 7.22. The summed E-state index contributed by atoms with van der Waals surface area (Å²) in [6.07, 6.45) is 1.66. The molecule has 4 aromatic rings. The number of anilines is 1. The molecule has 0 N–H and O–H groups in total. The minimum Gasteiger partial charge on any atom is -0.278 e. The Labute approximate surface area is 164 Å². The van der Waals surface area contributed by atoms with Gasteiger partial charge in [0, 0.05) is 11.8 Å². The summed E-state index contributed by atoms with van der Waals surface area (Å²) in [5.41, 5.74) is 2.23.